The van der Waals surface area contributed by atoms with E-state index in [4.69, 9.17) is 5.73 Å². The van der Waals surface area contributed by atoms with E-state index in [0.29, 0.717) is 17.8 Å². The molecule has 2 aromatic rings. The minimum absolute atomic E-state index is 0.124. The fourth-order valence-corrected chi connectivity index (χ4v) is 2.03. The number of halogens is 1. The molecule has 0 radical (unpaired) electrons. The van der Waals surface area contributed by atoms with Crippen molar-refractivity contribution in [2.45, 2.75) is 20.3 Å². The number of carbonyl (C=O) groups is 1. The van der Waals surface area contributed by atoms with Crippen molar-refractivity contribution in [2.75, 3.05) is 11.1 Å². The van der Waals surface area contributed by atoms with Crippen LogP contribution in [0.4, 0.5) is 15.8 Å². The molecule has 0 atom stereocenters. The Labute approximate surface area is 116 Å². The van der Waals surface area contributed by atoms with Crippen LogP contribution in [0.15, 0.2) is 18.2 Å². The van der Waals surface area contributed by atoms with Gasteiger partial charge in [-0.05, 0) is 31.0 Å². The van der Waals surface area contributed by atoms with Crippen LogP contribution in [-0.2, 0) is 13.5 Å². The summed E-state index contributed by atoms with van der Waals surface area (Å²) >= 11 is 0. The average Bonchev–Trinajstić information content (AvgIpc) is 2.67. The Morgan fingerprint density at radius 2 is 2.20 bits per heavy atom. The van der Waals surface area contributed by atoms with Gasteiger partial charge < -0.3 is 11.1 Å². The Bertz CT molecular complexity index is 663. The molecular formula is C14H17FN4O. The number of aryl methyl sites for hydroxylation is 3. The largest absolute Gasteiger partial charge is 0.395 e. The minimum Gasteiger partial charge on any atom is -0.395 e. The van der Waals surface area contributed by atoms with E-state index in [1.54, 1.807) is 20.0 Å². The van der Waals surface area contributed by atoms with E-state index in [1.807, 2.05) is 6.92 Å². The van der Waals surface area contributed by atoms with Crippen LogP contribution in [0.1, 0.15) is 28.7 Å². The van der Waals surface area contributed by atoms with E-state index in [9.17, 15) is 9.18 Å². The van der Waals surface area contributed by atoms with Crippen LogP contribution in [0, 0.1) is 12.7 Å². The maximum absolute atomic E-state index is 13.7. The number of amides is 1. The molecule has 0 fully saturated rings. The Balaban J connectivity index is 2.31. The fraction of sp³-hybridized carbons (Fsp3) is 0.286. The molecule has 0 unspecified atom stereocenters. The molecular weight excluding hydrogens is 259 g/mol. The van der Waals surface area contributed by atoms with Crippen molar-refractivity contribution in [1.82, 2.24) is 9.78 Å². The van der Waals surface area contributed by atoms with Crippen molar-refractivity contribution in [3.63, 3.8) is 0 Å². The van der Waals surface area contributed by atoms with E-state index < -0.39 is 11.7 Å². The maximum Gasteiger partial charge on any atom is 0.276 e. The smallest absolute Gasteiger partial charge is 0.276 e. The highest BCUT2D eigenvalue weighted by atomic mass is 19.1. The first-order valence-corrected chi connectivity index (χ1v) is 6.32. The monoisotopic (exact) mass is 276 g/mol. The SMILES string of the molecule is CCc1nn(C)c(C(=O)Nc2ccc(C)cc2F)c1N. The first-order valence-electron chi connectivity index (χ1n) is 6.32. The second kappa shape index (κ2) is 5.32. The highest BCUT2D eigenvalue weighted by molar-refractivity contribution is 6.06. The summed E-state index contributed by atoms with van der Waals surface area (Å²) in [5, 5.41) is 6.68. The molecule has 20 heavy (non-hydrogen) atoms. The van der Waals surface area contributed by atoms with Gasteiger partial charge in [-0.3, -0.25) is 9.48 Å². The normalized spacial score (nSPS) is 10.6. The number of nitrogens with one attached hydrogen (secondary N) is 1. The molecule has 1 heterocycles. The second-order valence-corrected chi connectivity index (χ2v) is 4.62. The third-order valence-corrected chi connectivity index (χ3v) is 3.08. The van der Waals surface area contributed by atoms with Crippen LogP contribution in [-0.4, -0.2) is 15.7 Å². The number of hydrogen-bond donors (Lipinski definition) is 2. The molecule has 5 nitrogen and oxygen atoms in total. The fourth-order valence-electron chi connectivity index (χ4n) is 2.03. The first-order chi connectivity index (χ1) is 9.43. The quantitative estimate of drug-likeness (QED) is 0.903. The lowest BCUT2D eigenvalue weighted by Crippen LogP contribution is -2.18. The zero-order valence-electron chi connectivity index (χ0n) is 11.7. The number of rotatable bonds is 3. The molecule has 0 bridgehead atoms. The predicted octanol–water partition coefficient (Wildman–Crippen LogP) is 2.26. The Morgan fingerprint density at radius 3 is 2.75 bits per heavy atom. The third-order valence-electron chi connectivity index (χ3n) is 3.08. The number of carbonyl (C=O) groups excluding carboxylic acids is 1. The van der Waals surface area contributed by atoms with Gasteiger partial charge in [0.1, 0.15) is 11.5 Å². The summed E-state index contributed by atoms with van der Waals surface area (Å²) in [6.45, 7) is 3.68. The molecule has 2 rings (SSSR count). The molecule has 0 aliphatic heterocycles. The molecule has 0 saturated carbocycles. The molecule has 0 aliphatic carbocycles. The Hall–Kier alpha value is -2.37. The first kappa shape index (κ1) is 14.0. The molecule has 1 aromatic heterocycles. The molecule has 3 N–H and O–H groups in total. The van der Waals surface area contributed by atoms with Gasteiger partial charge in [0.25, 0.3) is 5.91 Å². The number of benzene rings is 1. The Kier molecular flexibility index (Phi) is 3.74. The average molecular weight is 276 g/mol. The molecule has 6 heteroatoms. The van der Waals surface area contributed by atoms with E-state index >= 15 is 0 Å². The van der Waals surface area contributed by atoms with Gasteiger partial charge in [0, 0.05) is 7.05 Å². The lowest BCUT2D eigenvalue weighted by molar-refractivity contribution is 0.101. The van der Waals surface area contributed by atoms with E-state index in [-0.39, 0.29) is 11.4 Å². The number of nitrogens with two attached hydrogens (primary N) is 1. The standard InChI is InChI=1S/C14H17FN4O/c1-4-10-12(16)13(19(3)18-10)14(20)17-11-6-5-8(2)7-9(11)15/h5-7H,4,16H2,1-3H3,(H,17,20). The zero-order chi connectivity index (χ0) is 14.9. The van der Waals surface area contributed by atoms with Crippen molar-refractivity contribution < 1.29 is 9.18 Å². The predicted molar refractivity (Wildman–Crippen MR) is 76.1 cm³/mol. The van der Waals surface area contributed by atoms with Crippen LogP contribution in [0.3, 0.4) is 0 Å². The number of nitrogen functional groups attached to an aromatic ring is 1. The van der Waals surface area contributed by atoms with Crippen molar-refractivity contribution in [3.05, 3.63) is 41.0 Å². The number of nitrogens with zero attached hydrogens (tertiary/aromatic N) is 2. The molecule has 1 aromatic carbocycles. The van der Waals surface area contributed by atoms with E-state index in [2.05, 4.69) is 10.4 Å². The highest BCUT2D eigenvalue weighted by Crippen LogP contribution is 2.20. The Morgan fingerprint density at radius 1 is 1.50 bits per heavy atom. The van der Waals surface area contributed by atoms with Crippen molar-refractivity contribution in [1.29, 1.82) is 0 Å². The van der Waals surface area contributed by atoms with Gasteiger partial charge in [0.15, 0.2) is 0 Å². The molecule has 0 aliphatic rings. The van der Waals surface area contributed by atoms with Gasteiger partial charge in [-0.1, -0.05) is 13.0 Å². The second-order valence-electron chi connectivity index (χ2n) is 4.62. The van der Waals surface area contributed by atoms with Crippen molar-refractivity contribution >= 4 is 17.3 Å². The summed E-state index contributed by atoms with van der Waals surface area (Å²) < 4.78 is 15.1. The van der Waals surface area contributed by atoms with Crippen LogP contribution in [0.25, 0.3) is 0 Å². The van der Waals surface area contributed by atoms with Crippen LogP contribution in [0.2, 0.25) is 0 Å². The number of hydrogen-bond acceptors (Lipinski definition) is 3. The van der Waals surface area contributed by atoms with Gasteiger partial charge in [-0.2, -0.15) is 5.10 Å². The number of anilines is 2. The van der Waals surface area contributed by atoms with Gasteiger partial charge in [0.05, 0.1) is 17.1 Å². The molecule has 1 amide bonds. The topological polar surface area (TPSA) is 72.9 Å². The van der Waals surface area contributed by atoms with Gasteiger partial charge >= 0.3 is 0 Å². The lowest BCUT2D eigenvalue weighted by Gasteiger charge is -2.08. The summed E-state index contributed by atoms with van der Waals surface area (Å²) in [4.78, 5) is 12.2. The van der Waals surface area contributed by atoms with Gasteiger partial charge in [-0.15, -0.1) is 0 Å². The number of aromatic nitrogens is 2. The summed E-state index contributed by atoms with van der Waals surface area (Å²) in [6.07, 6.45) is 0.631. The van der Waals surface area contributed by atoms with Gasteiger partial charge in [-0.25, -0.2) is 4.39 Å². The summed E-state index contributed by atoms with van der Waals surface area (Å²) in [5.41, 5.74) is 8.03. The van der Waals surface area contributed by atoms with E-state index in [0.717, 1.165) is 5.56 Å². The highest BCUT2D eigenvalue weighted by Gasteiger charge is 2.20. The maximum atomic E-state index is 13.7. The van der Waals surface area contributed by atoms with Crippen LogP contribution >= 0.6 is 0 Å². The summed E-state index contributed by atoms with van der Waals surface area (Å²) in [5.74, 6) is -0.949. The van der Waals surface area contributed by atoms with Crippen LogP contribution < -0.4 is 11.1 Å². The molecule has 0 saturated heterocycles. The third kappa shape index (κ3) is 2.49. The molecule has 0 spiro atoms. The van der Waals surface area contributed by atoms with Crippen LogP contribution in [0.5, 0.6) is 0 Å². The molecule has 106 valence electrons. The zero-order valence-corrected chi connectivity index (χ0v) is 11.7. The summed E-state index contributed by atoms with van der Waals surface area (Å²) in [7, 11) is 1.63. The lowest BCUT2D eigenvalue weighted by atomic mass is 10.2. The van der Waals surface area contributed by atoms with Gasteiger partial charge in [0.2, 0.25) is 0 Å². The minimum atomic E-state index is -0.477. The van der Waals surface area contributed by atoms with E-state index in [1.165, 1.54) is 16.8 Å². The van der Waals surface area contributed by atoms with Crippen molar-refractivity contribution in [3.8, 4) is 0 Å². The van der Waals surface area contributed by atoms with Crippen molar-refractivity contribution in [2.24, 2.45) is 7.05 Å². The summed E-state index contributed by atoms with van der Waals surface area (Å²) in [6, 6.07) is 4.61.